The lowest BCUT2D eigenvalue weighted by molar-refractivity contribution is 0.192. The van der Waals surface area contributed by atoms with Crippen molar-refractivity contribution in [3.05, 3.63) is 91.5 Å². The minimum atomic E-state index is -0.815. The highest BCUT2D eigenvalue weighted by Crippen LogP contribution is 2.31. The molecule has 0 bridgehead atoms. The second kappa shape index (κ2) is 11.7. The average molecular weight is 567 g/mol. The molecule has 1 aliphatic carbocycles. The summed E-state index contributed by atoms with van der Waals surface area (Å²) in [5.74, 6) is 1.08. The molecule has 6 aromatic rings. The number of methoxy groups -OCH3 is 1. The number of phenolic OH excluding ortho intramolecular Hbond substituents is 1. The molecule has 1 fully saturated rings. The zero-order valence-electron chi connectivity index (χ0n) is 23.3. The summed E-state index contributed by atoms with van der Waals surface area (Å²) in [6.45, 7) is -0.815. The third-order valence-electron chi connectivity index (χ3n) is 7.00. The highest BCUT2D eigenvalue weighted by molar-refractivity contribution is 5.68. The molecule has 7 rings (SSSR count). The number of benzene rings is 2. The highest BCUT2D eigenvalue weighted by atomic mass is 19.1. The van der Waals surface area contributed by atoms with Crippen molar-refractivity contribution >= 4 is 22.7 Å². The van der Waals surface area contributed by atoms with Gasteiger partial charge in [-0.25, -0.2) is 14.4 Å². The number of rotatable bonds is 8. The first-order chi connectivity index (χ1) is 20.5. The van der Waals surface area contributed by atoms with Gasteiger partial charge in [-0.3, -0.25) is 0 Å². The van der Waals surface area contributed by atoms with Crippen LogP contribution in [-0.4, -0.2) is 50.9 Å². The lowest BCUT2D eigenvalue weighted by Crippen LogP contribution is -2.00. The standard InChI is InChI=1S/C17H16FN3O.C15H15N3O2/c18-11-22-15-5-1-12(2-6-15)16-10-21-8-7-14(9-17(21)20-16)19-13-3-4-13;1-16-11-5-6-18-9-12(17-15(18)8-11)10-3-4-13(19)14(7-10)20-2/h1-2,5-10,13,19H,3-4,11H2;3-9,16,19H,1-2H3. The van der Waals surface area contributed by atoms with Gasteiger partial charge >= 0.3 is 0 Å². The van der Waals surface area contributed by atoms with Gasteiger partial charge in [0.2, 0.25) is 6.86 Å². The van der Waals surface area contributed by atoms with Crippen molar-refractivity contribution < 1.29 is 19.0 Å². The van der Waals surface area contributed by atoms with Crippen molar-refractivity contribution in [3.63, 3.8) is 0 Å². The molecule has 1 saturated carbocycles. The Hall–Kier alpha value is -5.25. The molecule has 0 aliphatic heterocycles. The summed E-state index contributed by atoms with van der Waals surface area (Å²) in [5.41, 5.74) is 7.48. The Morgan fingerprint density at radius 2 is 1.48 bits per heavy atom. The van der Waals surface area contributed by atoms with Crippen LogP contribution in [-0.2, 0) is 0 Å². The number of pyridine rings is 2. The van der Waals surface area contributed by atoms with Crippen LogP contribution >= 0.6 is 0 Å². The maximum atomic E-state index is 12.1. The van der Waals surface area contributed by atoms with Crippen LogP contribution in [0.1, 0.15) is 12.8 Å². The fourth-order valence-corrected chi connectivity index (χ4v) is 4.57. The number of halogens is 1. The lowest BCUT2D eigenvalue weighted by Gasteiger charge is -2.04. The number of aromatic hydroxyl groups is 1. The molecule has 214 valence electrons. The summed E-state index contributed by atoms with van der Waals surface area (Å²) in [5, 5.41) is 16.2. The molecule has 9 nitrogen and oxygen atoms in total. The van der Waals surface area contributed by atoms with Crippen LogP contribution in [0.3, 0.4) is 0 Å². The summed E-state index contributed by atoms with van der Waals surface area (Å²) in [4.78, 5) is 9.24. The van der Waals surface area contributed by atoms with Gasteiger partial charge in [0.05, 0.1) is 18.5 Å². The Morgan fingerprint density at radius 1 is 0.857 bits per heavy atom. The Morgan fingerprint density at radius 3 is 2.10 bits per heavy atom. The fourth-order valence-electron chi connectivity index (χ4n) is 4.57. The number of ether oxygens (including phenoxy) is 2. The number of hydrogen-bond acceptors (Lipinski definition) is 7. The number of fused-ring (bicyclic) bond motifs is 2. The topological polar surface area (TPSA) is 97.4 Å². The molecule has 42 heavy (non-hydrogen) atoms. The summed E-state index contributed by atoms with van der Waals surface area (Å²) in [7, 11) is 3.40. The number of alkyl halides is 1. The van der Waals surface area contributed by atoms with E-state index in [-0.39, 0.29) is 5.75 Å². The van der Waals surface area contributed by atoms with E-state index in [1.807, 2.05) is 71.0 Å². The van der Waals surface area contributed by atoms with Gasteiger partial charge in [0.15, 0.2) is 11.5 Å². The second-order valence-electron chi connectivity index (χ2n) is 9.95. The number of hydrogen-bond donors (Lipinski definition) is 3. The molecule has 0 atom stereocenters. The molecule has 4 heterocycles. The van der Waals surface area contributed by atoms with Crippen LogP contribution in [0.2, 0.25) is 0 Å². The van der Waals surface area contributed by atoms with Crippen molar-refractivity contribution in [2.24, 2.45) is 0 Å². The van der Waals surface area contributed by atoms with E-state index in [0.29, 0.717) is 17.5 Å². The molecule has 3 N–H and O–H groups in total. The normalized spacial score (nSPS) is 12.5. The number of anilines is 2. The van der Waals surface area contributed by atoms with Crippen LogP contribution in [0.4, 0.5) is 15.8 Å². The van der Waals surface area contributed by atoms with Gasteiger partial charge in [-0.05, 0) is 67.4 Å². The van der Waals surface area contributed by atoms with Crippen molar-refractivity contribution in [1.82, 2.24) is 18.8 Å². The van der Waals surface area contributed by atoms with E-state index >= 15 is 0 Å². The summed E-state index contributed by atoms with van der Waals surface area (Å²) in [6.07, 6.45) is 10.4. The third kappa shape index (κ3) is 5.92. The van der Waals surface area contributed by atoms with Gasteiger partial charge in [-0.2, -0.15) is 0 Å². The lowest BCUT2D eigenvalue weighted by atomic mass is 10.1. The first kappa shape index (κ1) is 26.9. The van der Waals surface area contributed by atoms with E-state index in [1.54, 1.807) is 24.3 Å². The molecule has 10 heteroatoms. The van der Waals surface area contributed by atoms with E-state index in [0.717, 1.165) is 45.2 Å². The predicted octanol–water partition coefficient (Wildman–Crippen LogP) is 6.64. The largest absolute Gasteiger partial charge is 0.504 e. The van der Waals surface area contributed by atoms with Crippen molar-refractivity contribution in [1.29, 1.82) is 0 Å². The third-order valence-corrected chi connectivity index (χ3v) is 7.00. The summed E-state index contributed by atoms with van der Waals surface area (Å²) in [6, 6.07) is 21.2. The van der Waals surface area contributed by atoms with Crippen LogP contribution in [0, 0.1) is 0 Å². The number of phenols is 1. The summed E-state index contributed by atoms with van der Waals surface area (Å²) < 4.78 is 26.0. The van der Waals surface area contributed by atoms with Gasteiger partial charge in [0.25, 0.3) is 0 Å². The molecular weight excluding hydrogens is 535 g/mol. The van der Waals surface area contributed by atoms with Crippen LogP contribution in [0.5, 0.6) is 17.2 Å². The molecule has 1 aliphatic rings. The van der Waals surface area contributed by atoms with E-state index in [9.17, 15) is 9.50 Å². The number of nitrogens with zero attached hydrogens (tertiary/aromatic N) is 4. The van der Waals surface area contributed by atoms with Gasteiger partial charge in [0, 0.05) is 72.5 Å². The monoisotopic (exact) mass is 566 g/mol. The van der Waals surface area contributed by atoms with E-state index in [4.69, 9.17) is 9.47 Å². The predicted molar refractivity (Wildman–Crippen MR) is 162 cm³/mol. The molecule has 0 saturated heterocycles. The van der Waals surface area contributed by atoms with Crippen molar-refractivity contribution in [2.75, 3.05) is 31.7 Å². The Kier molecular flexibility index (Phi) is 7.50. The maximum Gasteiger partial charge on any atom is 0.228 e. The molecule has 4 aromatic heterocycles. The number of nitrogens with one attached hydrogen (secondary N) is 2. The second-order valence-corrected chi connectivity index (χ2v) is 9.95. The first-order valence-corrected chi connectivity index (χ1v) is 13.6. The maximum absolute atomic E-state index is 12.1. The first-order valence-electron chi connectivity index (χ1n) is 13.6. The van der Waals surface area contributed by atoms with Crippen molar-refractivity contribution in [2.45, 2.75) is 18.9 Å². The molecule has 0 radical (unpaired) electrons. The van der Waals surface area contributed by atoms with E-state index in [2.05, 4.69) is 32.7 Å². The zero-order valence-corrected chi connectivity index (χ0v) is 23.3. The molecule has 0 unspecified atom stereocenters. The Balaban J connectivity index is 0.000000151. The van der Waals surface area contributed by atoms with Gasteiger partial charge in [-0.15, -0.1) is 0 Å². The van der Waals surface area contributed by atoms with Crippen LogP contribution in [0.15, 0.2) is 91.5 Å². The Bertz CT molecular complexity index is 1830. The minimum absolute atomic E-state index is 0.123. The molecular formula is C32H31FN6O3. The minimum Gasteiger partial charge on any atom is -0.504 e. The SMILES string of the molecule is CNc1ccn2cc(-c3ccc(O)c(OC)c3)nc2c1.FCOc1ccc(-c2cn3ccc(NC4CC4)cc3n2)cc1. The van der Waals surface area contributed by atoms with E-state index in [1.165, 1.54) is 20.0 Å². The van der Waals surface area contributed by atoms with Crippen LogP contribution in [0.25, 0.3) is 33.8 Å². The fraction of sp³-hybridized carbons (Fsp3) is 0.188. The van der Waals surface area contributed by atoms with Gasteiger partial charge < -0.3 is 34.0 Å². The van der Waals surface area contributed by atoms with Gasteiger partial charge in [-0.1, -0.05) is 0 Å². The number of imidazole rings is 2. The average Bonchev–Trinajstić information content (AvgIpc) is 3.56. The van der Waals surface area contributed by atoms with Gasteiger partial charge in [0.1, 0.15) is 17.0 Å². The molecule has 0 spiro atoms. The summed E-state index contributed by atoms with van der Waals surface area (Å²) >= 11 is 0. The smallest absolute Gasteiger partial charge is 0.228 e. The zero-order chi connectivity index (χ0) is 29.1. The quantitative estimate of drug-likeness (QED) is 0.190. The number of aromatic nitrogens is 4. The van der Waals surface area contributed by atoms with Crippen LogP contribution < -0.4 is 20.1 Å². The van der Waals surface area contributed by atoms with Crippen molar-refractivity contribution in [3.8, 4) is 39.8 Å². The molecule has 2 aromatic carbocycles. The molecule has 0 amide bonds. The highest BCUT2D eigenvalue weighted by Gasteiger charge is 2.20. The Labute approximate surface area is 242 Å². The van der Waals surface area contributed by atoms with E-state index < -0.39 is 6.86 Å².